The van der Waals surface area contributed by atoms with Gasteiger partial charge in [0.05, 0.1) is 11.3 Å². The zero-order chi connectivity index (χ0) is 15.5. The Balaban J connectivity index is 2.33. The molecule has 2 N–H and O–H groups in total. The molecule has 0 aliphatic carbocycles. The maximum absolute atomic E-state index is 12.6. The number of anilines is 2. The van der Waals surface area contributed by atoms with Gasteiger partial charge in [0, 0.05) is 13.2 Å². The van der Waals surface area contributed by atoms with Crippen molar-refractivity contribution in [3.05, 3.63) is 47.9 Å². The number of hydrogen-bond donors (Lipinski definition) is 2. The predicted octanol–water partition coefficient (Wildman–Crippen LogP) is 2.60. The van der Waals surface area contributed by atoms with Crippen LogP contribution >= 0.6 is 0 Å². The topological polar surface area (TPSA) is 66.9 Å². The summed E-state index contributed by atoms with van der Waals surface area (Å²) in [5, 5.41) is 5.14. The molecule has 0 bridgehead atoms. The first-order chi connectivity index (χ1) is 9.91. The first-order valence-corrected chi connectivity index (χ1v) is 5.90. The van der Waals surface area contributed by atoms with Gasteiger partial charge in [-0.25, -0.2) is 9.97 Å². The van der Waals surface area contributed by atoms with Crippen molar-refractivity contribution in [1.29, 1.82) is 0 Å². The van der Waals surface area contributed by atoms with E-state index in [9.17, 15) is 18.0 Å². The summed E-state index contributed by atoms with van der Waals surface area (Å²) in [4.78, 5) is 18.2. The fourth-order valence-corrected chi connectivity index (χ4v) is 1.63. The van der Waals surface area contributed by atoms with Crippen LogP contribution in [0.4, 0.5) is 24.7 Å². The third kappa shape index (κ3) is 3.47. The lowest BCUT2D eigenvalue weighted by Gasteiger charge is -2.11. The minimum atomic E-state index is -4.63. The number of carbonyl (C=O) groups excluding carboxylic acids is 1. The van der Waals surface area contributed by atoms with Crippen LogP contribution in [0.3, 0.4) is 0 Å². The van der Waals surface area contributed by atoms with E-state index in [1.54, 1.807) is 24.3 Å². The Morgan fingerprint density at radius 1 is 1.19 bits per heavy atom. The average Bonchev–Trinajstić information content (AvgIpc) is 2.46. The van der Waals surface area contributed by atoms with Crippen LogP contribution in [-0.4, -0.2) is 22.9 Å². The summed E-state index contributed by atoms with van der Waals surface area (Å²) in [6.45, 7) is 0. The molecule has 0 aliphatic heterocycles. The molecule has 2 aromatic rings. The molecule has 2 rings (SSSR count). The fraction of sp³-hybridized carbons (Fsp3) is 0.154. The van der Waals surface area contributed by atoms with E-state index in [-0.39, 0.29) is 11.7 Å². The summed E-state index contributed by atoms with van der Waals surface area (Å²) in [5.41, 5.74) is 0.649. The molecule has 1 aromatic carbocycles. The number of alkyl halides is 3. The minimum absolute atomic E-state index is 0.0475. The summed E-state index contributed by atoms with van der Waals surface area (Å²) < 4.78 is 37.7. The zero-order valence-electron chi connectivity index (χ0n) is 10.9. The van der Waals surface area contributed by atoms with Gasteiger partial charge in [-0.3, -0.25) is 4.79 Å². The molecule has 0 atom stereocenters. The first-order valence-electron chi connectivity index (χ1n) is 5.90. The molecule has 21 heavy (non-hydrogen) atoms. The maximum atomic E-state index is 12.6. The first kappa shape index (κ1) is 14.8. The molecule has 0 unspecified atom stereocenters. The number of nitrogens with one attached hydrogen (secondary N) is 2. The summed E-state index contributed by atoms with van der Waals surface area (Å²) in [6.07, 6.45) is -3.63. The van der Waals surface area contributed by atoms with Gasteiger partial charge in [-0.2, -0.15) is 13.2 Å². The van der Waals surface area contributed by atoms with Crippen LogP contribution in [0.1, 0.15) is 16.2 Å². The standard InChI is InChI=1S/C13H11F3N4O/c1-17-11(21)8-4-2-3-5-9(8)19-10-6-7-18-12(20-10)13(14,15)16/h2-7H,1H3,(H,17,21)(H,18,19,20). The van der Waals surface area contributed by atoms with Crippen molar-refractivity contribution in [2.75, 3.05) is 12.4 Å². The third-order valence-electron chi connectivity index (χ3n) is 2.57. The molecule has 0 radical (unpaired) electrons. The lowest BCUT2D eigenvalue weighted by atomic mass is 10.1. The molecule has 8 heteroatoms. The van der Waals surface area contributed by atoms with Gasteiger partial charge in [-0.05, 0) is 18.2 Å². The number of halogens is 3. The van der Waals surface area contributed by atoms with Crippen LogP contribution < -0.4 is 10.6 Å². The van der Waals surface area contributed by atoms with Crippen LogP contribution in [0, 0.1) is 0 Å². The van der Waals surface area contributed by atoms with E-state index in [1.807, 2.05) is 0 Å². The van der Waals surface area contributed by atoms with Crippen molar-refractivity contribution < 1.29 is 18.0 Å². The highest BCUT2D eigenvalue weighted by Gasteiger charge is 2.34. The second kappa shape index (κ2) is 5.78. The Labute approximate surface area is 118 Å². The number of nitrogens with zero attached hydrogens (tertiary/aromatic N) is 2. The monoisotopic (exact) mass is 296 g/mol. The van der Waals surface area contributed by atoms with Crippen molar-refractivity contribution in [2.24, 2.45) is 0 Å². The van der Waals surface area contributed by atoms with Crippen LogP contribution in [0.5, 0.6) is 0 Å². The maximum Gasteiger partial charge on any atom is 0.451 e. The smallest absolute Gasteiger partial charge is 0.355 e. The van der Waals surface area contributed by atoms with E-state index in [2.05, 4.69) is 20.6 Å². The van der Waals surface area contributed by atoms with E-state index < -0.39 is 12.0 Å². The van der Waals surface area contributed by atoms with Gasteiger partial charge in [-0.1, -0.05) is 12.1 Å². The molecular formula is C13H11F3N4O. The molecule has 0 fully saturated rings. The molecule has 5 nitrogen and oxygen atoms in total. The number of amides is 1. The zero-order valence-corrected chi connectivity index (χ0v) is 10.9. The van der Waals surface area contributed by atoms with Crippen molar-refractivity contribution in [2.45, 2.75) is 6.18 Å². The number of rotatable bonds is 3. The van der Waals surface area contributed by atoms with Crippen LogP contribution in [0.25, 0.3) is 0 Å². The molecule has 1 amide bonds. The lowest BCUT2D eigenvalue weighted by molar-refractivity contribution is -0.144. The van der Waals surface area contributed by atoms with Gasteiger partial charge < -0.3 is 10.6 Å². The Morgan fingerprint density at radius 2 is 1.90 bits per heavy atom. The second-order valence-electron chi connectivity index (χ2n) is 4.01. The summed E-state index contributed by atoms with van der Waals surface area (Å²) in [5.74, 6) is -1.65. The minimum Gasteiger partial charge on any atom is -0.355 e. The van der Waals surface area contributed by atoms with Crippen molar-refractivity contribution in [3.63, 3.8) is 0 Å². The van der Waals surface area contributed by atoms with Gasteiger partial charge in [0.15, 0.2) is 0 Å². The largest absolute Gasteiger partial charge is 0.451 e. The van der Waals surface area contributed by atoms with Crippen molar-refractivity contribution in [1.82, 2.24) is 15.3 Å². The highest BCUT2D eigenvalue weighted by molar-refractivity contribution is 6.00. The summed E-state index contributed by atoms with van der Waals surface area (Å²) >= 11 is 0. The lowest BCUT2D eigenvalue weighted by Crippen LogP contribution is -2.19. The number of hydrogen-bond acceptors (Lipinski definition) is 4. The molecule has 1 heterocycles. The molecule has 0 saturated heterocycles. The Bertz CT molecular complexity index is 658. The second-order valence-corrected chi connectivity index (χ2v) is 4.01. The number of aromatic nitrogens is 2. The van der Waals surface area contributed by atoms with Gasteiger partial charge in [-0.15, -0.1) is 0 Å². The van der Waals surface area contributed by atoms with E-state index in [0.29, 0.717) is 11.3 Å². The molecular weight excluding hydrogens is 285 g/mol. The molecule has 0 spiro atoms. The Hall–Kier alpha value is -2.64. The van der Waals surface area contributed by atoms with Crippen molar-refractivity contribution >= 4 is 17.4 Å². The van der Waals surface area contributed by atoms with Crippen LogP contribution in [0.2, 0.25) is 0 Å². The van der Waals surface area contributed by atoms with Gasteiger partial charge in [0.25, 0.3) is 5.91 Å². The van der Waals surface area contributed by atoms with Gasteiger partial charge in [0.1, 0.15) is 5.82 Å². The quantitative estimate of drug-likeness (QED) is 0.913. The van der Waals surface area contributed by atoms with E-state index in [1.165, 1.54) is 13.1 Å². The SMILES string of the molecule is CNC(=O)c1ccccc1Nc1ccnc(C(F)(F)F)n1. The van der Waals surface area contributed by atoms with E-state index in [0.717, 1.165) is 6.20 Å². The van der Waals surface area contributed by atoms with E-state index >= 15 is 0 Å². The molecule has 1 aromatic heterocycles. The third-order valence-corrected chi connectivity index (χ3v) is 2.57. The van der Waals surface area contributed by atoms with Crippen molar-refractivity contribution in [3.8, 4) is 0 Å². The normalized spacial score (nSPS) is 11.0. The molecule has 0 saturated carbocycles. The average molecular weight is 296 g/mol. The molecule has 0 aliphatic rings. The highest BCUT2D eigenvalue weighted by Crippen LogP contribution is 2.27. The van der Waals surface area contributed by atoms with Crippen LogP contribution in [0.15, 0.2) is 36.5 Å². The van der Waals surface area contributed by atoms with Gasteiger partial charge in [0.2, 0.25) is 5.82 Å². The van der Waals surface area contributed by atoms with Gasteiger partial charge >= 0.3 is 6.18 Å². The Morgan fingerprint density at radius 3 is 2.57 bits per heavy atom. The summed E-state index contributed by atoms with van der Waals surface area (Å²) in [6, 6.07) is 7.71. The number of benzene rings is 1. The van der Waals surface area contributed by atoms with Crippen LogP contribution in [-0.2, 0) is 6.18 Å². The number of carbonyl (C=O) groups is 1. The fourth-order valence-electron chi connectivity index (χ4n) is 1.63. The highest BCUT2D eigenvalue weighted by atomic mass is 19.4. The summed E-state index contributed by atoms with van der Waals surface area (Å²) in [7, 11) is 1.46. The number of para-hydroxylation sites is 1. The van der Waals surface area contributed by atoms with E-state index in [4.69, 9.17) is 0 Å². The Kier molecular flexibility index (Phi) is 4.06. The predicted molar refractivity (Wildman–Crippen MR) is 70.1 cm³/mol. The molecule has 110 valence electrons.